The van der Waals surface area contributed by atoms with Crippen LogP contribution in [0, 0.1) is 24.7 Å². The van der Waals surface area contributed by atoms with Crippen molar-refractivity contribution >= 4 is 23.4 Å². The van der Waals surface area contributed by atoms with Crippen LogP contribution in [0.2, 0.25) is 0 Å². The van der Waals surface area contributed by atoms with Crippen LogP contribution in [-0.2, 0) is 25.7 Å². The van der Waals surface area contributed by atoms with Crippen molar-refractivity contribution in [1.82, 2.24) is 10.2 Å². The summed E-state index contributed by atoms with van der Waals surface area (Å²) in [4.78, 5) is 43.7. The van der Waals surface area contributed by atoms with Gasteiger partial charge in [0.05, 0.1) is 31.6 Å². The predicted octanol–water partition coefficient (Wildman–Crippen LogP) is 3.99. The second-order valence-electron chi connectivity index (χ2n) is 11.7. The maximum atomic E-state index is 14.3. The molecule has 8 nitrogen and oxygen atoms in total. The predicted molar refractivity (Wildman–Crippen MR) is 150 cm³/mol. The fourth-order valence-electron chi connectivity index (χ4n) is 7.20. The molecule has 0 aromatic heterocycles. The number of amides is 3. The molecule has 1 spiro atoms. The van der Waals surface area contributed by atoms with Crippen molar-refractivity contribution in [1.29, 1.82) is 0 Å². The number of nitrogens with one attached hydrogen (secondary N) is 2. The minimum absolute atomic E-state index is 0.0444. The van der Waals surface area contributed by atoms with E-state index in [9.17, 15) is 14.4 Å². The van der Waals surface area contributed by atoms with E-state index in [1.54, 1.807) is 12.0 Å². The van der Waals surface area contributed by atoms with Crippen LogP contribution in [0.5, 0.6) is 5.75 Å². The molecule has 2 saturated heterocycles. The number of para-hydroxylation sites is 1. The van der Waals surface area contributed by atoms with E-state index in [-0.39, 0.29) is 30.3 Å². The zero-order valence-corrected chi connectivity index (χ0v) is 23.3. The molecule has 210 valence electrons. The Balaban J connectivity index is 1.35. The minimum Gasteiger partial charge on any atom is -0.496 e. The van der Waals surface area contributed by atoms with Gasteiger partial charge in [-0.15, -0.1) is 0 Å². The average molecular weight is 544 g/mol. The molecule has 3 amide bonds. The van der Waals surface area contributed by atoms with Crippen molar-refractivity contribution < 1.29 is 23.9 Å². The average Bonchev–Trinajstić information content (AvgIpc) is 3.58. The molecule has 2 bridgehead atoms. The molecule has 8 heteroatoms. The normalized spacial score (nSPS) is 32.2. The topological polar surface area (TPSA) is 97.0 Å². The van der Waals surface area contributed by atoms with E-state index in [1.807, 2.05) is 67.6 Å². The molecule has 6 rings (SSSR count). The molecule has 40 heavy (non-hydrogen) atoms. The number of likely N-dealkylation sites (tertiary alicyclic amines) is 1. The number of anilines is 1. The first-order valence-corrected chi connectivity index (χ1v) is 14.3. The number of carbonyl (C=O) groups excluding carboxylic acids is 3. The van der Waals surface area contributed by atoms with E-state index in [1.165, 1.54) is 0 Å². The Kier molecular flexibility index (Phi) is 6.90. The molecular formula is C32H37N3O5. The molecule has 3 fully saturated rings. The lowest BCUT2D eigenvalue weighted by Gasteiger charge is -2.36. The molecule has 7 atom stereocenters. The molecule has 0 radical (unpaired) electrons. The van der Waals surface area contributed by atoms with Gasteiger partial charge in [-0.2, -0.15) is 0 Å². The van der Waals surface area contributed by atoms with Gasteiger partial charge in [0.25, 0.3) is 0 Å². The van der Waals surface area contributed by atoms with E-state index in [0.717, 1.165) is 36.8 Å². The van der Waals surface area contributed by atoms with Crippen molar-refractivity contribution in [2.45, 2.75) is 69.9 Å². The molecule has 0 unspecified atom stereocenters. The van der Waals surface area contributed by atoms with Crippen molar-refractivity contribution in [3.63, 3.8) is 0 Å². The van der Waals surface area contributed by atoms with Crippen molar-refractivity contribution in [3.8, 4) is 5.75 Å². The lowest BCUT2D eigenvalue weighted by atomic mass is 9.74. The number of nitrogens with zero attached hydrogens (tertiary/aromatic N) is 1. The number of hydrogen-bond donors (Lipinski definition) is 2. The van der Waals surface area contributed by atoms with Crippen molar-refractivity contribution in [2.24, 2.45) is 17.8 Å². The third-order valence-corrected chi connectivity index (χ3v) is 9.18. The number of rotatable bonds is 7. The van der Waals surface area contributed by atoms with E-state index >= 15 is 0 Å². The lowest BCUT2D eigenvalue weighted by Crippen LogP contribution is -2.57. The highest BCUT2D eigenvalue weighted by atomic mass is 16.5. The molecule has 2 N–H and O–H groups in total. The number of hydrogen-bond acceptors (Lipinski definition) is 5. The summed E-state index contributed by atoms with van der Waals surface area (Å²) in [7, 11) is 1.59. The summed E-state index contributed by atoms with van der Waals surface area (Å²) in [5.41, 5.74) is 1.27. The van der Waals surface area contributed by atoms with E-state index in [4.69, 9.17) is 9.47 Å². The summed E-state index contributed by atoms with van der Waals surface area (Å²) in [6, 6.07) is 14.2. The van der Waals surface area contributed by atoms with Crippen LogP contribution in [0.15, 0.2) is 60.7 Å². The molecule has 1 saturated carbocycles. The van der Waals surface area contributed by atoms with Crippen LogP contribution in [0.25, 0.3) is 0 Å². The van der Waals surface area contributed by atoms with Gasteiger partial charge in [-0.1, -0.05) is 62.2 Å². The van der Waals surface area contributed by atoms with Gasteiger partial charge in [-0.25, -0.2) is 0 Å². The smallest absolute Gasteiger partial charge is 0.246 e. The van der Waals surface area contributed by atoms with Crippen LogP contribution in [0.3, 0.4) is 0 Å². The summed E-state index contributed by atoms with van der Waals surface area (Å²) in [6.45, 7) is 4.30. The van der Waals surface area contributed by atoms with Crippen LogP contribution in [0.4, 0.5) is 5.69 Å². The minimum atomic E-state index is -1.21. The summed E-state index contributed by atoms with van der Waals surface area (Å²) < 4.78 is 12.1. The monoisotopic (exact) mass is 543 g/mol. The zero-order chi connectivity index (χ0) is 28.0. The molecule has 1 aliphatic carbocycles. The van der Waals surface area contributed by atoms with Gasteiger partial charge in [-0.3, -0.25) is 14.4 Å². The summed E-state index contributed by atoms with van der Waals surface area (Å²) in [5.74, 6) is -1.31. The third kappa shape index (κ3) is 4.38. The fraction of sp³-hybridized carbons (Fsp3) is 0.469. The Morgan fingerprint density at radius 2 is 1.90 bits per heavy atom. The van der Waals surface area contributed by atoms with Gasteiger partial charge >= 0.3 is 0 Å². The zero-order valence-electron chi connectivity index (χ0n) is 23.3. The van der Waals surface area contributed by atoms with Crippen LogP contribution < -0.4 is 15.4 Å². The molecule has 3 heterocycles. The number of benzene rings is 2. The SMILES string of the molecule is COc1ccccc1CN1C(=O)[C@H]2[C@H](C(=O)Nc3cccc(C)c3)[C@H]3C=C[C@@]2(O3)[C@@H]1C(=O)N[C@@H]1CCCC[C@H]1C. The van der Waals surface area contributed by atoms with Gasteiger partial charge in [0.2, 0.25) is 17.7 Å². The molecule has 3 aliphatic heterocycles. The van der Waals surface area contributed by atoms with Gasteiger partial charge in [0.15, 0.2) is 0 Å². The Morgan fingerprint density at radius 3 is 2.67 bits per heavy atom. The first-order valence-electron chi connectivity index (χ1n) is 14.3. The highest BCUT2D eigenvalue weighted by molar-refractivity contribution is 6.02. The number of methoxy groups -OCH3 is 1. The first kappa shape index (κ1) is 26.6. The maximum absolute atomic E-state index is 14.3. The van der Waals surface area contributed by atoms with Crippen LogP contribution in [0.1, 0.15) is 43.7 Å². The summed E-state index contributed by atoms with van der Waals surface area (Å²) in [6.07, 6.45) is 7.33. The molecule has 2 aromatic carbocycles. The van der Waals surface area contributed by atoms with E-state index < -0.39 is 29.6 Å². The quantitative estimate of drug-likeness (QED) is 0.515. The number of ether oxygens (including phenoxy) is 2. The second-order valence-corrected chi connectivity index (χ2v) is 11.7. The fourth-order valence-corrected chi connectivity index (χ4v) is 7.20. The van der Waals surface area contributed by atoms with Gasteiger partial charge in [-0.05, 0) is 49.4 Å². The third-order valence-electron chi connectivity index (χ3n) is 9.18. The van der Waals surface area contributed by atoms with Crippen molar-refractivity contribution in [2.75, 3.05) is 12.4 Å². The van der Waals surface area contributed by atoms with Crippen molar-refractivity contribution in [3.05, 3.63) is 71.8 Å². The number of carbonyl (C=O) groups is 3. The number of aryl methyl sites for hydroxylation is 1. The summed E-state index contributed by atoms with van der Waals surface area (Å²) in [5, 5.41) is 6.27. The summed E-state index contributed by atoms with van der Waals surface area (Å²) >= 11 is 0. The Morgan fingerprint density at radius 1 is 1.10 bits per heavy atom. The Bertz CT molecular complexity index is 1360. The van der Waals surface area contributed by atoms with Gasteiger partial charge < -0.3 is 25.0 Å². The highest BCUT2D eigenvalue weighted by Gasteiger charge is 2.72. The number of fused-ring (bicyclic) bond motifs is 1. The molecule has 2 aromatic rings. The highest BCUT2D eigenvalue weighted by Crippen LogP contribution is 2.55. The Hall–Kier alpha value is -3.65. The van der Waals surface area contributed by atoms with Crippen LogP contribution >= 0.6 is 0 Å². The largest absolute Gasteiger partial charge is 0.496 e. The molecule has 4 aliphatic rings. The van der Waals surface area contributed by atoms with Gasteiger partial charge in [0, 0.05) is 17.3 Å². The lowest BCUT2D eigenvalue weighted by molar-refractivity contribution is -0.142. The standard InChI is InChI=1S/C32H37N3O5/c1-19-9-8-12-22(17-19)33-29(36)26-25-15-16-32(40-25)27(26)31(38)35(18-21-11-5-7-14-24(21)39-3)28(32)30(37)34-23-13-6-4-10-20(23)2/h5,7-9,11-12,14-17,20,23,25-28H,4,6,10,13,18H2,1-3H3,(H,33,36)(H,34,37)/t20-,23-,25-,26-,27-,28+,32+/m1/s1. The van der Waals surface area contributed by atoms with E-state index in [2.05, 4.69) is 17.6 Å². The van der Waals surface area contributed by atoms with Crippen LogP contribution in [-0.4, -0.2) is 53.5 Å². The maximum Gasteiger partial charge on any atom is 0.246 e. The van der Waals surface area contributed by atoms with E-state index in [0.29, 0.717) is 17.4 Å². The Labute approximate surface area is 235 Å². The second kappa shape index (κ2) is 10.4. The molecular weight excluding hydrogens is 506 g/mol. The van der Waals surface area contributed by atoms with Gasteiger partial charge in [0.1, 0.15) is 17.4 Å². The first-order chi connectivity index (χ1) is 19.3.